The monoisotopic (exact) mass is 498 g/mol. The van der Waals surface area contributed by atoms with E-state index in [0.717, 1.165) is 5.56 Å². The summed E-state index contributed by atoms with van der Waals surface area (Å²) in [6.07, 6.45) is 3.08. The average molecular weight is 499 g/mol. The van der Waals surface area contributed by atoms with E-state index in [0.29, 0.717) is 67.5 Å². The van der Waals surface area contributed by atoms with Crippen molar-refractivity contribution in [1.82, 2.24) is 19.9 Å². The summed E-state index contributed by atoms with van der Waals surface area (Å²) >= 11 is 0. The minimum Gasteiger partial charge on any atom is -0.492 e. The zero-order valence-corrected chi connectivity index (χ0v) is 20.8. The summed E-state index contributed by atoms with van der Waals surface area (Å²) in [5, 5.41) is 5.94. The van der Waals surface area contributed by atoms with Crippen LogP contribution in [0.4, 0.5) is 16.3 Å². The second kappa shape index (κ2) is 11.1. The van der Waals surface area contributed by atoms with Crippen molar-refractivity contribution < 1.29 is 9.53 Å². The number of fused-ring (bicyclic) bond motifs is 1. The van der Waals surface area contributed by atoms with Gasteiger partial charge in [0.15, 0.2) is 11.5 Å². The van der Waals surface area contributed by atoms with E-state index < -0.39 is 0 Å². The van der Waals surface area contributed by atoms with Crippen molar-refractivity contribution in [3.05, 3.63) is 88.8 Å². The molecule has 1 aliphatic heterocycles. The lowest BCUT2D eigenvalue weighted by atomic mass is 10.1. The molecule has 1 fully saturated rings. The Labute approximate surface area is 215 Å². The van der Waals surface area contributed by atoms with Crippen molar-refractivity contribution in [2.75, 3.05) is 29.9 Å². The molecule has 0 aliphatic carbocycles. The Morgan fingerprint density at radius 1 is 1.03 bits per heavy atom. The molecule has 2 N–H and O–H groups in total. The Balaban J connectivity index is 1.28. The molecule has 9 heteroatoms. The number of para-hydroxylation sites is 2. The molecule has 4 aromatic rings. The van der Waals surface area contributed by atoms with Crippen molar-refractivity contribution >= 4 is 28.7 Å². The summed E-state index contributed by atoms with van der Waals surface area (Å²) in [4.78, 5) is 37.3. The van der Waals surface area contributed by atoms with Gasteiger partial charge in [-0.1, -0.05) is 42.5 Å². The van der Waals surface area contributed by atoms with E-state index in [1.165, 1.54) is 0 Å². The van der Waals surface area contributed by atoms with Crippen molar-refractivity contribution in [2.24, 2.45) is 0 Å². The predicted octanol–water partition coefficient (Wildman–Crippen LogP) is 4.03. The van der Waals surface area contributed by atoms with Gasteiger partial charge in [0.2, 0.25) is 0 Å². The number of benzene rings is 2. The molecule has 2 aromatic heterocycles. The number of amides is 2. The third-order valence-corrected chi connectivity index (χ3v) is 6.43. The average Bonchev–Trinajstić information content (AvgIpc) is 2.92. The van der Waals surface area contributed by atoms with E-state index in [2.05, 4.69) is 20.6 Å². The first kappa shape index (κ1) is 24.3. The van der Waals surface area contributed by atoms with E-state index >= 15 is 0 Å². The maximum Gasteiger partial charge on any atom is 0.319 e. The van der Waals surface area contributed by atoms with Gasteiger partial charge in [0.25, 0.3) is 5.56 Å². The maximum atomic E-state index is 13.6. The molecular weight excluding hydrogens is 468 g/mol. The largest absolute Gasteiger partial charge is 0.492 e. The number of nitrogens with zero attached hydrogens (tertiary/aromatic N) is 4. The normalized spacial score (nSPS) is 13.9. The van der Waals surface area contributed by atoms with Crippen LogP contribution in [0.5, 0.6) is 5.75 Å². The summed E-state index contributed by atoms with van der Waals surface area (Å²) in [5.41, 5.74) is 2.74. The Hall–Kier alpha value is -4.40. The first-order chi connectivity index (χ1) is 18.1. The topological polar surface area (TPSA) is 101 Å². The maximum absolute atomic E-state index is 13.6. The molecule has 0 bridgehead atoms. The van der Waals surface area contributed by atoms with Gasteiger partial charge in [-0.15, -0.1) is 0 Å². The number of urea groups is 1. The zero-order chi connectivity index (χ0) is 25.6. The molecule has 0 saturated carbocycles. The molecule has 0 unspecified atom stereocenters. The number of hydrogen-bond donors (Lipinski definition) is 2. The number of pyridine rings is 1. The summed E-state index contributed by atoms with van der Waals surface area (Å²) in [6.45, 7) is 4.07. The highest BCUT2D eigenvalue weighted by Gasteiger charge is 2.25. The SMILES string of the molecule is CCOc1ccccc1NC(=O)NC1CCN(c2nc3cccnc3n(Cc3ccccc3)c2=O)CC1. The minimum absolute atomic E-state index is 0.0100. The van der Waals surface area contributed by atoms with Crippen molar-refractivity contribution in [3.63, 3.8) is 0 Å². The molecule has 9 nitrogen and oxygen atoms in total. The number of carbonyl (C=O) groups excluding carboxylic acids is 1. The van der Waals surface area contributed by atoms with Crippen LogP contribution in [0.2, 0.25) is 0 Å². The number of anilines is 2. The highest BCUT2D eigenvalue weighted by molar-refractivity contribution is 5.91. The second-order valence-electron chi connectivity index (χ2n) is 8.95. The highest BCUT2D eigenvalue weighted by atomic mass is 16.5. The summed E-state index contributed by atoms with van der Waals surface area (Å²) in [6, 6.07) is 20.7. The minimum atomic E-state index is -0.272. The molecule has 0 radical (unpaired) electrons. The number of nitrogens with one attached hydrogen (secondary N) is 2. The molecule has 1 saturated heterocycles. The first-order valence-electron chi connectivity index (χ1n) is 12.6. The van der Waals surface area contributed by atoms with Crippen LogP contribution in [-0.4, -0.2) is 46.3 Å². The number of aromatic nitrogens is 3. The second-order valence-corrected chi connectivity index (χ2v) is 8.95. The van der Waals surface area contributed by atoms with E-state index in [9.17, 15) is 9.59 Å². The van der Waals surface area contributed by atoms with E-state index in [4.69, 9.17) is 4.74 Å². The lowest BCUT2D eigenvalue weighted by molar-refractivity contribution is 0.245. The van der Waals surface area contributed by atoms with Crippen LogP contribution in [0.25, 0.3) is 11.2 Å². The smallest absolute Gasteiger partial charge is 0.319 e. The Bertz CT molecular complexity index is 1430. The van der Waals surface area contributed by atoms with Gasteiger partial charge in [-0.05, 0) is 49.6 Å². The quantitative estimate of drug-likeness (QED) is 0.399. The van der Waals surface area contributed by atoms with Crippen molar-refractivity contribution in [3.8, 4) is 5.75 Å². The lowest BCUT2D eigenvalue weighted by Gasteiger charge is -2.33. The van der Waals surface area contributed by atoms with Crippen LogP contribution in [0.3, 0.4) is 0 Å². The highest BCUT2D eigenvalue weighted by Crippen LogP contribution is 2.24. The van der Waals surface area contributed by atoms with Gasteiger partial charge in [-0.3, -0.25) is 9.36 Å². The number of ether oxygens (including phenoxy) is 1. The molecule has 190 valence electrons. The third-order valence-electron chi connectivity index (χ3n) is 6.43. The fraction of sp³-hybridized carbons (Fsp3) is 0.286. The molecule has 5 rings (SSSR count). The van der Waals surface area contributed by atoms with Gasteiger partial charge in [-0.25, -0.2) is 14.8 Å². The predicted molar refractivity (Wildman–Crippen MR) is 144 cm³/mol. The van der Waals surface area contributed by atoms with Crippen LogP contribution in [0, 0.1) is 0 Å². The van der Waals surface area contributed by atoms with E-state index in [1.807, 2.05) is 78.6 Å². The van der Waals surface area contributed by atoms with Crippen LogP contribution < -0.4 is 25.8 Å². The molecule has 0 atom stereocenters. The van der Waals surface area contributed by atoms with E-state index in [1.54, 1.807) is 10.8 Å². The van der Waals surface area contributed by atoms with Gasteiger partial charge >= 0.3 is 6.03 Å². The molecule has 0 spiro atoms. The summed E-state index contributed by atoms with van der Waals surface area (Å²) in [5.74, 6) is 1.06. The molecule has 2 aromatic carbocycles. The fourth-order valence-electron chi connectivity index (χ4n) is 4.61. The standard InChI is InChI=1S/C28H30N6O3/c1-2-37-24-13-7-6-11-22(24)32-28(36)30-21-14-17-33(18-15-21)26-27(35)34(19-20-9-4-3-5-10-20)25-23(31-26)12-8-16-29-25/h3-13,16,21H,2,14-15,17-19H2,1H3,(H2,30,32,36). The van der Waals surface area contributed by atoms with Crippen LogP contribution in [0.15, 0.2) is 77.7 Å². The molecular formula is C28H30N6O3. The molecule has 2 amide bonds. The van der Waals surface area contributed by atoms with Crippen molar-refractivity contribution in [1.29, 1.82) is 0 Å². The van der Waals surface area contributed by atoms with Gasteiger partial charge < -0.3 is 20.3 Å². The Morgan fingerprint density at radius 3 is 2.57 bits per heavy atom. The molecule has 37 heavy (non-hydrogen) atoms. The molecule has 3 heterocycles. The van der Waals surface area contributed by atoms with Gasteiger partial charge in [-0.2, -0.15) is 0 Å². The van der Waals surface area contributed by atoms with Gasteiger partial charge in [0.1, 0.15) is 11.3 Å². The van der Waals surface area contributed by atoms with Gasteiger partial charge in [0.05, 0.1) is 18.8 Å². The lowest BCUT2D eigenvalue weighted by Crippen LogP contribution is -2.47. The number of hydrogen-bond acceptors (Lipinski definition) is 6. The van der Waals surface area contributed by atoms with Gasteiger partial charge in [0, 0.05) is 25.3 Å². The zero-order valence-electron chi connectivity index (χ0n) is 20.8. The Kier molecular flexibility index (Phi) is 7.30. The fourth-order valence-corrected chi connectivity index (χ4v) is 4.61. The summed E-state index contributed by atoms with van der Waals surface area (Å²) < 4.78 is 7.28. The van der Waals surface area contributed by atoms with Crippen molar-refractivity contribution in [2.45, 2.75) is 32.4 Å². The van der Waals surface area contributed by atoms with E-state index in [-0.39, 0.29) is 17.6 Å². The number of carbonyl (C=O) groups is 1. The molecule has 1 aliphatic rings. The number of piperidine rings is 1. The Morgan fingerprint density at radius 2 is 1.78 bits per heavy atom. The number of rotatable bonds is 7. The van der Waals surface area contributed by atoms with Crippen LogP contribution in [0.1, 0.15) is 25.3 Å². The third kappa shape index (κ3) is 5.55. The first-order valence-corrected chi connectivity index (χ1v) is 12.6. The van der Waals surface area contributed by atoms with Crippen LogP contribution in [-0.2, 0) is 6.54 Å². The van der Waals surface area contributed by atoms with Crippen LogP contribution >= 0.6 is 0 Å². The summed E-state index contributed by atoms with van der Waals surface area (Å²) in [7, 11) is 0.